The summed E-state index contributed by atoms with van der Waals surface area (Å²) >= 11 is 3.41. The molecule has 3 heteroatoms. The van der Waals surface area contributed by atoms with E-state index in [2.05, 4.69) is 40.2 Å². The van der Waals surface area contributed by atoms with E-state index in [0.29, 0.717) is 6.04 Å². The van der Waals surface area contributed by atoms with E-state index >= 15 is 0 Å². The maximum absolute atomic E-state index is 12.7. The minimum absolute atomic E-state index is 0.154. The summed E-state index contributed by atoms with van der Waals surface area (Å²) in [5.41, 5.74) is 2.08. The van der Waals surface area contributed by atoms with Crippen LogP contribution in [0.2, 0.25) is 0 Å². The number of carbonyl (C=O) groups excluding carboxylic acids is 1. The number of carbonyl (C=O) groups is 1. The Hall–Kier alpha value is -1.61. The Morgan fingerprint density at radius 3 is 2.52 bits per heavy atom. The predicted molar refractivity (Wildman–Crippen MR) is 88.3 cm³/mol. The Kier molecular flexibility index (Phi) is 4.39. The Morgan fingerprint density at radius 1 is 1.10 bits per heavy atom. The summed E-state index contributed by atoms with van der Waals surface area (Å²) in [6, 6.07) is 18.4. The van der Waals surface area contributed by atoms with Gasteiger partial charge in [0.1, 0.15) is 0 Å². The zero-order valence-electron chi connectivity index (χ0n) is 11.8. The van der Waals surface area contributed by atoms with E-state index < -0.39 is 0 Å². The molecule has 0 aromatic heterocycles. The molecule has 2 aromatic carbocycles. The Bertz CT molecular complexity index is 609. The van der Waals surface area contributed by atoms with Gasteiger partial charge in [0.2, 0.25) is 0 Å². The van der Waals surface area contributed by atoms with E-state index in [1.54, 1.807) is 0 Å². The van der Waals surface area contributed by atoms with Gasteiger partial charge in [-0.05, 0) is 49.1 Å². The van der Waals surface area contributed by atoms with Gasteiger partial charge >= 0.3 is 0 Å². The van der Waals surface area contributed by atoms with Gasteiger partial charge in [0.05, 0.1) is 0 Å². The van der Waals surface area contributed by atoms with Crippen molar-refractivity contribution in [2.45, 2.75) is 25.3 Å². The van der Waals surface area contributed by atoms with Crippen molar-refractivity contribution in [3.63, 3.8) is 0 Å². The molecule has 1 aliphatic heterocycles. The molecule has 0 saturated carbocycles. The lowest BCUT2D eigenvalue weighted by Gasteiger charge is -2.25. The first-order chi connectivity index (χ1) is 10.2. The van der Waals surface area contributed by atoms with Crippen molar-refractivity contribution < 1.29 is 4.79 Å². The Morgan fingerprint density at radius 2 is 1.81 bits per heavy atom. The number of amides is 1. The van der Waals surface area contributed by atoms with Crippen LogP contribution in [-0.2, 0) is 6.42 Å². The Labute approximate surface area is 133 Å². The first kappa shape index (κ1) is 14.3. The second kappa shape index (κ2) is 6.44. The van der Waals surface area contributed by atoms with Crippen LogP contribution in [0.1, 0.15) is 28.8 Å². The smallest absolute Gasteiger partial charge is 0.254 e. The summed E-state index contributed by atoms with van der Waals surface area (Å²) in [5.74, 6) is 0.154. The van der Waals surface area contributed by atoms with E-state index in [-0.39, 0.29) is 5.91 Å². The minimum Gasteiger partial charge on any atom is -0.335 e. The SMILES string of the molecule is O=C(c1ccc(Br)cc1)N1CCCC1Cc1ccccc1. The van der Waals surface area contributed by atoms with Gasteiger partial charge in [0.25, 0.3) is 5.91 Å². The predicted octanol–water partition coefficient (Wildman–Crippen LogP) is 4.30. The molecule has 3 rings (SSSR count). The molecular weight excluding hydrogens is 326 g/mol. The number of halogens is 1. The summed E-state index contributed by atoms with van der Waals surface area (Å²) in [7, 11) is 0. The lowest BCUT2D eigenvalue weighted by Crippen LogP contribution is -2.36. The molecule has 0 aliphatic carbocycles. The van der Waals surface area contributed by atoms with Crippen LogP contribution in [0, 0.1) is 0 Å². The lowest BCUT2D eigenvalue weighted by atomic mass is 10.0. The molecule has 21 heavy (non-hydrogen) atoms. The third kappa shape index (κ3) is 3.35. The minimum atomic E-state index is 0.154. The number of rotatable bonds is 3. The topological polar surface area (TPSA) is 20.3 Å². The molecule has 1 heterocycles. The zero-order valence-corrected chi connectivity index (χ0v) is 13.4. The molecule has 1 atom stereocenters. The van der Waals surface area contributed by atoms with Crippen LogP contribution in [0.25, 0.3) is 0 Å². The van der Waals surface area contributed by atoms with Crippen molar-refractivity contribution in [3.05, 3.63) is 70.2 Å². The number of likely N-dealkylation sites (tertiary alicyclic amines) is 1. The highest BCUT2D eigenvalue weighted by atomic mass is 79.9. The maximum Gasteiger partial charge on any atom is 0.254 e. The molecule has 0 bridgehead atoms. The Balaban J connectivity index is 1.74. The number of hydrogen-bond acceptors (Lipinski definition) is 1. The van der Waals surface area contributed by atoms with E-state index in [0.717, 1.165) is 35.8 Å². The standard InChI is InChI=1S/C18H18BrNO/c19-16-10-8-15(9-11-16)18(21)20-12-4-7-17(20)13-14-5-2-1-3-6-14/h1-3,5-6,8-11,17H,4,7,12-13H2. The first-order valence-corrected chi connectivity index (χ1v) is 8.14. The van der Waals surface area contributed by atoms with Crippen LogP contribution in [0.4, 0.5) is 0 Å². The van der Waals surface area contributed by atoms with Crippen LogP contribution < -0.4 is 0 Å². The molecule has 1 fully saturated rings. The van der Waals surface area contributed by atoms with Gasteiger partial charge in [-0.25, -0.2) is 0 Å². The summed E-state index contributed by atoms with van der Waals surface area (Å²) in [6.45, 7) is 0.867. The highest BCUT2D eigenvalue weighted by molar-refractivity contribution is 9.10. The maximum atomic E-state index is 12.7. The van der Waals surface area contributed by atoms with E-state index in [4.69, 9.17) is 0 Å². The molecule has 0 N–H and O–H groups in total. The molecule has 1 unspecified atom stereocenters. The summed E-state index contributed by atoms with van der Waals surface area (Å²) < 4.78 is 1.00. The van der Waals surface area contributed by atoms with Gasteiger partial charge in [-0.3, -0.25) is 4.79 Å². The van der Waals surface area contributed by atoms with Crippen LogP contribution in [0.3, 0.4) is 0 Å². The molecular formula is C18H18BrNO. The van der Waals surface area contributed by atoms with Crippen LogP contribution in [0.5, 0.6) is 0 Å². The highest BCUT2D eigenvalue weighted by Crippen LogP contribution is 2.24. The van der Waals surface area contributed by atoms with Gasteiger partial charge in [-0.15, -0.1) is 0 Å². The highest BCUT2D eigenvalue weighted by Gasteiger charge is 2.29. The van der Waals surface area contributed by atoms with Crippen molar-refractivity contribution >= 4 is 21.8 Å². The molecule has 1 saturated heterocycles. The van der Waals surface area contributed by atoms with Crippen molar-refractivity contribution in [1.82, 2.24) is 4.90 Å². The molecule has 2 aromatic rings. The zero-order chi connectivity index (χ0) is 14.7. The second-order valence-corrected chi connectivity index (χ2v) is 6.41. The average Bonchev–Trinajstić information content (AvgIpc) is 2.96. The third-order valence-corrected chi connectivity index (χ3v) is 4.57. The number of nitrogens with zero attached hydrogens (tertiary/aromatic N) is 1. The largest absolute Gasteiger partial charge is 0.335 e. The summed E-state index contributed by atoms with van der Waals surface area (Å²) in [6.07, 6.45) is 3.14. The van der Waals surface area contributed by atoms with Gasteiger partial charge < -0.3 is 4.90 Å². The fourth-order valence-corrected chi connectivity index (χ4v) is 3.22. The third-order valence-electron chi connectivity index (χ3n) is 4.04. The van der Waals surface area contributed by atoms with Crippen LogP contribution >= 0.6 is 15.9 Å². The fraction of sp³-hybridized carbons (Fsp3) is 0.278. The summed E-state index contributed by atoms with van der Waals surface area (Å²) in [5, 5.41) is 0. The molecule has 1 amide bonds. The van der Waals surface area contributed by atoms with Gasteiger partial charge in [0, 0.05) is 22.6 Å². The number of hydrogen-bond donors (Lipinski definition) is 0. The van der Waals surface area contributed by atoms with Crippen LogP contribution in [-0.4, -0.2) is 23.4 Å². The molecule has 1 aliphatic rings. The monoisotopic (exact) mass is 343 g/mol. The molecule has 0 radical (unpaired) electrons. The second-order valence-electron chi connectivity index (χ2n) is 5.49. The molecule has 108 valence electrons. The van der Waals surface area contributed by atoms with Gasteiger partial charge in [-0.1, -0.05) is 46.3 Å². The molecule has 2 nitrogen and oxygen atoms in total. The quantitative estimate of drug-likeness (QED) is 0.813. The molecule has 0 spiro atoms. The summed E-state index contributed by atoms with van der Waals surface area (Å²) in [4.78, 5) is 14.7. The van der Waals surface area contributed by atoms with Gasteiger partial charge in [-0.2, -0.15) is 0 Å². The van der Waals surface area contributed by atoms with Gasteiger partial charge in [0.15, 0.2) is 0 Å². The fourth-order valence-electron chi connectivity index (χ4n) is 2.96. The van der Waals surface area contributed by atoms with Crippen molar-refractivity contribution in [3.8, 4) is 0 Å². The first-order valence-electron chi connectivity index (χ1n) is 7.34. The number of benzene rings is 2. The van der Waals surface area contributed by atoms with Crippen molar-refractivity contribution in [2.24, 2.45) is 0 Å². The average molecular weight is 344 g/mol. The van der Waals surface area contributed by atoms with E-state index in [1.807, 2.05) is 35.2 Å². The van der Waals surface area contributed by atoms with Crippen molar-refractivity contribution in [2.75, 3.05) is 6.54 Å². The normalized spacial score (nSPS) is 18.0. The lowest BCUT2D eigenvalue weighted by molar-refractivity contribution is 0.0736. The van der Waals surface area contributed by atoms with E-state index in [1.165, 1.54) is 5.56 Å². The van der Waals surface area contributed by atoms with Crippen molar-refractivity contribution in [1.29, 1.82) is 0 Å². The van der Waals surface area contributed by atoms with E-state index in [9.17, 15) is 4.79 Å². The van der Waals surface area contributed by atoms with Crippen LogP contribution in [0.15, 0.2) is 59.1 Å².